The van der Waals surface area contributed by atoms with Crippen LogP contribution in [0.2, 0.25) is 0 Å². The molecule has 0 aliphatic carbocycles. The Morgan fingerprint density at radius 2 is 1.58 bits per heavy atom. The van der Waals surface area contributed by atoms with Gasteiger partial charge in [-0.25, -0.2) is 0 Å². The summed E-state index contributed by atoms with van der Waals surface area (Å²) < 4.78 is -1.57. The van der Waals surface area contributed by atoms with Crippen LogP contribution in [-0.2, 0) is 5.41 Å². The van der Waals surface area contributed by atoms with E-state index in [4.69, 9.17) is 34.8 Å². The number of piperidine rings is 1. The van der Waals surface area contributed by atoms with Crippen molar-refractivity contribution < 1.29 is 4.79 Å². The van der Waals surface area contributed by atoms with E-state index in [-0.39, 0.29) is 11.3 Å². The maximum atomic E-state index is 12.6. The molecule has 0 unspecified atom stereocenters. The minimum atomic E-state index is -1.57. The summed E-state index contributed by atoms with van der Waals surface area (Å²) in [6.45, 7) is 8.05. The Labute approximate surface area is 159 Å². The van der Waals surface area contributed by atoms with Gasteiger partial charge in [-0.1, -0.05) is 74.1 Å². The second-order valence-electron chi connectivity index (χ2n) is 7.34. The highest BCUT2D eigenvalue weighted by Gasteiger charge is 2.39. The van der Waals surface area contributed by atoms with Crippen LogP contribution in [0.1, 0.15) is 56.0 Å². The summed E-state index contributed by atoms with van der Waals surface area (Å²) in [7, 11) is 0. The van der Waals surface area contributed by atoms with Crippen LogP contribution in [0.3, 0.4) is 0 Å². The molecule has 1 aliphatic rings. The van der Waals surface area contributed by atoms with Crippen LogP contribution in [0.5, 0.6) is 0 Å². The minimum absolute atomic E-state index is 0.0446. The van der Waals surface area contributed by atoms with E-state index in [2.05, 4.69) is 26.1 Å². The highest BCUT2D eigenvalue weighted by molar-refractivity contribution is 6.68. The number of carbonyl (C=O) groups excluding carboxylic acids is 1. The number of hydrogen-bond donors (Lipinski definition) is 1. The van der Waals surface area contributed by atoms with E-state index in [0.29, 0.717) is 5.56 Å². The van der Waals surface area contributed by atoms with Crippen LogP contribution in [0.25, 0.3) is 0 Å². The van der Waals surface area contributed by atoms with Crippen molar-refractivity contribution in [2.75, 3.05) is 13.1 Å². The number of halogens is 3. The SMILES string of the molecule is CC(C)(C)c1ccc(C(=O)N[C@H](N2CCCCC2)C(Cl)(Cl)Cl)cc1. The molecule has 134 valence electrons. The van der Waals surface area contributed by atoms with Gasteiger partial charge in [-0.05, 0) is 36.0 Å². The maximum Gasteiger partial charge on any atom is 0.252 e. The zero-order valence-corrected chi connectivity index (χ0v) is 16.7. The van der Waals surface area contributed by atoms with Crippen molar-refractivity contribution in [3.05, 3.63) is 35.4 Å². The van der Waals surface area contributed by atoms with Gasteiger partial charge in [0.25, 0.3) is 5.91 Å². The maximum absolute atomic E-state index is 12.6. The van der Waals surface area contributed by atoms with Crippen molar-refractivity contribution in [1.29, 1.82) is 0 Å². The van der Waals surface area contributed by atoms with Gasteiger partial charge in [0.05, 0.1) is 0 Å². The predicted molar refractivity (Wildman–Crippen MR) is 102 cm³/mol. The van der Waals surface area contributed by atoms with Gasteiger partial charge >= 0.3 is 0 Å². The summed E-state index contributed by atoms with van der Waals surface area (Å²) in [5, 5.41) is 2.89. The fourth-order valence-corrected chi connectivity index (χ4v) is 3.46. The smallest absolute Gasteiger partial charge is 0.252 e. The summed E-state index contributed by atoms with van der Waals surface area (Å²) in [4.78, 5) is 14.6. The number of hydrogen-bond acceptors (Lipinski definition) is 2. The van der Waals surface area contributed by atoms with Gasteiger partial charge < -0.3 is 5.32 Å². The molecule has 1 aromatic carbocycles. The van der Waals surface area contributed by atoms with Crippen LogP contribution in [-0.4, -0.2) is 33.9 Å². The van der Waals surface area contributed by atoms with Gasteiger partial charge in [0.2, 0.25) is 3.79 Å². The van der Waals surface area contributed by atoms with Gasteiger partial charge in [0.15, 0.2) is 0 Å². The lowest BCUT2D eigenvalue weighted by Crippen LogP contribution is -2.56. The van der Waals surface area contributed by atoms with Crippen LogP contribution in [0, 0.1) is 0 Å². The number of rotatable bonds is 3. The lowest BCUT2D eigenvalue weighted by atomic mass is 9.87. The topological polar surface area (TPSA) is 32.3 Å². The third-order valence-corrected chi connectivity index (χ3v) is 4.97. The summed E-state index contributed by atoms with van der Waals surface area (Å²) in [5.74, 6) is -0.225. The molecular formula is C18H25Cl3N2O. The van der Waals surface area contributed by atoms with Gasteiger partial charge in [-0.2, -0.15) is 0 Å². The fourth-order valence-electron chi connectivity index (χ4n) is 2.89. The van der Waals surface area contributed by atoms with Crippen molar-refractivity contribution in [1.82, 2.24) is 10.2 Å². The quantitative estimate of drug-likeness (QED) is 0.744. The van der Waals surface area contributed by atoms with Gasteiger partial charge in [0.1, 0.15) is 6.17 Å². The molecule has 1 aromatic rings. The van der Waals surface area contributed by atoms with Crippen LogP contribution >= 0.6 is 34.8 Å². The summed E-state index contributed by atoms with van der Waals surface area (Å²) in [6.07, 6.45) is 2.64. The van der Waals surface area contributed by atoms with E-state index in [9.17, 15) is 4.79 Å². The van der Waals surface area contributed by atoms with Gasteiger partial charge in [0, 0.05) is 18.7 Å². The zero-order chi connectivity index (χ0) is 18.0. The molecule has 1 atom stereocenters. The van der Waals surface area contributed by atoms with Crippen molar-refractivity contribution >= 4 is 40.7 Å². The second kappa shape index (κ2) is 7.82. The number of likely N-dealkylation sites (tertiary alicyclic amines) is 1. The molecule has 1 heterocycles. The molecule has 24 heavy (non-hydrogen) atoms. The number of nitrogens with one attached hydrogen (secondary N) is 1. The highest BCUT2D eigenvalue weighted by atomic mass is 35.6. The van der Waals surface area contributed by atoms with E-state index < -0.39 is 9.96 Å². The van der Waals surface area contributed by atoms with Crippen molar-refractivity contribution in [2.45, 2.75) is 55.4 Å². The molecule has 2 rings (SSSR count). The first-order chi connectivity index (χ1) is 11.1. The molecule has 1 amide bonds. The molecule has 1 N–H and O–H groups in total. The number of nitrogens with zero attached hydrogens (tertiary/aromatic N) is 1. The van der Waals surface area contributed by atoms with E-state index in [1.165, 1.54) is 12.0 Å². The lowest BCUT2D eigenvalue weighted by Gasteiger charge is -2.38. The first-order valence-corrected chi connectivity index (χ1v) is 9.44. The molecule has 1 fully saturated rings. The molecule has 1 aliphatic heterocycles. The van der Waals surface area contributed by atoms with E-state index in [0.717, 1.165) is 25.9 Å². The monoisotopic (exact) mass is 390 g/mol. The number of alkyl halides is 3. The largest absolute Gasteiger partial charge is 0.332 e. The molecule has 0 spiro atoms. The Morgan fingerprint density at radius 3 is 2.04 bits per heavy atom. The average Bonchev–Trinajstić information content (AvgIpc) is 2.51. The normalized spacial score (nSPS) is 18.2. The standard InChI is InChI=1S/C18H25Cl3N2O/c1-17(2,3)14-9-7-13(8-10-14)15(24)22-16(18(19,20)21)23-11-5-4-6-12-23/h7-10,16H,4-6,11-12H2,1-3H3,(H,22,24)/t16-/m1/s1. The molecular weight excluding hydrogens is 367 g/mol. The summed E-state index contributed by atoms with van der Waals surface area (Å²) in [6, 6.07) is 7.59. The Hall–Kier alpha value is -0.480. The fraction of sp³-hybridized carbons (Fsp3) is 0.611. The Morgan fingerprint density at radius 1 is 1.04 bits per heavy atom. The zero-order valence-electron chi connectivity index (χ0n) is 14.4. The first-order valence-electron chi connectivity index (χ1n) is 8.31. The lowest BCUT2D eigenvalue weighted by molar-refractivity contribution is 0.0819. The molecule has 1 saturated heterocycles. The first kappa shape index (κ1) is 19.8. The molecule has 3 nitrogen and oxygen atoms in total. The third kappa shape index (κ3) is 5.26. The predicted octanol–water partition coefficient (Wildman–Crippen LogP) is 4.90. The number of carbonyl (C=O) groups is 1. The number of amides is 1. The molecule has 0 bridgehead atoms. The van der Waals surface area contributed by atoms with Crippen molar-refractivity contribution in [2.24, 2.45) is 0 Å². The van der Waals surface area contributed by atoms with Gasteiger partial charge in [-0.3, -0.25) is 9.69 Å². The molecule has 0 radical (unpaired) electrons. The van der Waals surface area contributed by atoms with E-state index in [1.54, 1.807) is 0 Å². The van der Waals surface area contributed by atoms with Gasteiger partial charge in [-0.15, -0.1) is 0 Å². The van der Waals surface area contributed by atoms with Crippen molar-refractivity contribution in [3.63, 3.8) is 0 Å². The van der Waals surface area contributed by atoms with E-state index in [1.807, 2.05) is 29.2 Å². The third-order valence-electron chi connectivity index (χ3n) is 4.35. The number of benzene rings is 1. The highest BCUT2D eigenvalue weighted by Crippen LogP contribution is 2.33. The Kier molecular flexibility index (Phi) is 6.46. The molecule has 0 aromatic heterocycles. The average molecular weight is 392 g/mol. The minimum Gasteiger partial charge on any atom is -0.332 e. The van der Waals surface area contributed by atoms with Crippen molar-refractivity contribution in [3.8, 4) is 0 Å². The Bertz CT molecular complexity index is 555. The summed E-state index contributed by atoms with van der Waals surface area (Å²) >= 11 is 18.4. The molecule has 0 saturated carbocycles. The van der Waals surface area contributed by atoms with Crippen LogP contribution in [0.4, 0.5) is 0 Å². The molecule has 6 heteroatoms. The van der Waals surface area contributed by atoms with E-state index >= 15 is 0 Å². The van der Waals surface area contributed by atoms with Crippen LogP contribution < -0.4 is 5.32 Å². The summed E-state index contributed by atoms with van der Waals surface area (Å²) in [5.41, 5.74) is 1.79. The second-order valence-corrected chi connectivity index (χ2v) is 9.71. The Balaban J connectivity index is 2.12. The van der Waals surface area contributed by atoms with Crippen LogP contribution in [0.15, 0.2) is 24.3 Å².